The number of rotatable bonds is 6. The molecule has 2 nitrogen and oxygen atoms in total. The predicted octanol–water partition coefficient (Wildman–Crippen LogP) is 2.82. The Balaban J connectivity index is 2.06. The van der Waals surface area contributed by atoms with Crippen LogP contribution in [0, 0.1) is 0 Å². The van der Waals surface area contributed by atoms with E-state index >= 15 is 0 Å². The van der Waals surface area contributed by atoms with Crippen LogP contribution in [0.2, 0.25) is 0 Å². The molecule has 0 heterocycles. The van der Waals surface area contributed by atoms with Crippen molar-refractivity contribution in [2.75, 3.05) is 13.6 Å². The van der Waals surface area contributed by atoms with E-state index in [0.29, 0.717) is 12.1 Å². The molecule has 1 saturated carbocycles. The summed E-state index contributed by atoms with van der Waals surface area (Å²) in [6.45, 7) is 5.45. The second-order valence-electron chi connectivity index (χ2n) is 5.39. The molecule has 1 atom stereocenters. The first-order valence-electron chi connectivity index (χ1n) is 6.68. The Labute approximate surface area is 105 Å². The number of hydrogen-bond donors (Lipinski definition) is 1. The van der Waals surface area contributed by atoms with Crippen molar-refractivity contribution >= 4 is 0 Å². The zero-order chi connectivity index (χ0) is 12.3. The Morgan fingerprint density at radius 2 is 1.88 bits per heavy atom. The Morgan fingerprint density at radius 3 is 2.41 bits per heavy atom. The van der Waals surface area contributed by atoms with E-state index in [1.807, 2.05) is 0 Å². The standard InChI is InChI=1S/C15H24N2/c1-12(2)16-11-15(17(3)14-9-10-14)13-7-5-4-6-8-13/h4-8,12,14-16H,9-11H2,1-3H3. The molecule has 1 aliphatic rings. The van der Waals surface area contributed by atoms with Crippen LogP contribution in [0.5, 0.6) is 0 Å². The molecule has 0 saturated heterocycles. The van der Waals surface area contributed by atoms with Gasteiger partial charge in [0.2, 0.25) is 0 Å². The second kappa shape index (κ2) is 5.65. The van der Waals surface area contributed by atoms with Crippen molar-refractivity contribution in [3.05, 3.63) is 35.9 Å². The maximum Gasteiger partial charge on any atom is 0.0472 e. The van der Waals surface area contributed by atoms with Crippen LogP contribution in [-0.2, 0) is 0 Å². The first-order chi connectivity index (χ1) is 8.18. The van der Waals surface area contributed by atoms with Crippen molar-refractivity contribution in [1.82, 2.24) is 10.2 Å². The fraction of sp³-hybridized carbons (Fsp3) is 0.600. The molecular formula is C15H24N2. The molecule has 1 aromatic rings. The van der Waals surface area contributed by atoms with Gasteiger partial charge in [-0.05, 0) is 25.5 Å². The number of hydrogen-bond acceptors (Lipinski definition) is 2. The summed E-state index contributed by atoms with van der Waals surface area (Å²) < 4.78 is 0. The molecule has 1 N–H and O–H groups in total. The van der Waals surface area contributed by atoms with Gasteiger partial charge in [0.05, 0.1) is 0 Å². The molecule has 0 radical (unpaired) electrons. The molecule has 0 spiro atoms. The third kappa shape index (κ3) is 3.55. The number of nitrogens with zero attached hydrogens (tertiary/aromatic N) is 1. The summed E-state index contributed by atoms with van der Waals surface area (Å²) in [6, 6.07) is 12.7. The number of nitrogens with one attached hydrogen (secondary N) is 1. The number of likely N-dealkylation sites (N-methyl/N-ethyl adjacent to an activating group) is 1. The van der Waals surface area contributed by atoms with E-state index in [-0.39, 0.29) is 0 Å². The van der Waals surface area contributed by atoms with Crippen LogP contribution in [0.3, 0.4) is 0 Å². The Hall–Kier alpha value is -0.860. The molecule has 0 aliphatic heterocycles. The van der Waals surface area contributed by atoms with E-state index in [1.54, 1.807) is 0 Å². The molecule has 0 amide bonds. The van der Waals surface area contributed by atoms with E-state index in [0.717, 1.165) is 12.6 Å². The maximum atomic E-state index is 3.57. The largest absolute Gasteiger partial charge is 0.313 e. The van der Waals surface area contributed by atoms with Gasteiger partial charge < -0.3 is 5.32 Å². The molecular weight excluding hydrogens is 208 g/mol. The van der Waals surface area contributed by atoms with Gasteiger partial charge in [-0.3, -0.25) is 4.90 Å². The minimum Gasteiger partial charge on any atom is -0.313 e. The first-order valence-corrected chi connectivity index (χ1v) is 6.68. The van der Waals surface area contributed by atoms with E-state index < -0.39 is 0 Å². The lowest BCUT2D eigenvalue weighted by molar-refractivity contribution is 0.225. The van der Waals surface area contributed by atoms with E-state index in [4.69, 9.17) is 0 Å². The fourth-order valence-electron chi connectivity index (χ4n) is 2.26. The summed E-state index contributed by atoms with van der Waals surface area (Å²) >= 11 is 0. The van der Waals surface area contributed by atoms with Gasteiger partial charge in [-0.25, -0.2) is 0 Å². The summed E-state index contributed by atoms with van der Waals surface area (Å²) in [6.07, 6.45) is 2.73. The third-order valence-electron chi connectivity index (χ3n) is 3.52. The van der Waals surface area contributed by atoms with Crippen LogP contribution in [-0.4, -0.2) is 30.6 Å². The fourth-order valence-corrected chi connectivity index (χ4v) is 2.26. The monoisotopic (exact) mass is 232 g/mol. The van der Waals surface area contributed by atoms with Gasteiger partial charge in [-0.15, -0.1) is 0 Å². The quantitative estimate of drug-likeness (QED) is 0.811. The highest BCUT2D eigenvalue weighted by atomic mass is 15.2. The summed E-state index contributed by atoms with van der Waals surface area (Å²) in [4.78, 5) is 2.53. The van der Waals surface area contributed by atoms with E-state index in [1.165, 1.54) is 18.4 Å². The topological polar surface area (TPSA) is 15.3 Å². The molecule has 17 heavy (non-hydrogen) atoms. The lowest BCUT2D eigenvalue weighted by Crippen LogP contribution is -2.37. The van der Waals surface area contributed by atoms with Gasteiger partial charge in [0.25, 0.3) is 0 Å². The Morgan fingerprint density at radius 1 is 1.24 bits per heavy atom. The zero-order valence-corrected chi connectivity index (χ0v) is 11.2. The molecule has 2 rings (SSSR count). The molecule has 1 aromatic carbocycles. The van der Waals surface area contributed by atoms with Crippen molar-refractivity contribution in [3.63, 3.8) is 0 Å². The van der Waals surface area contributed by atoms with Gasteiger partial charge in [0.1, 0.15) is 0 Å². The zero-order valence-electron chi connectivity index (χ0n) is 11.2. The normalized spacial score (nSPS) is 17.7. The van der Waals surface area contributed by atoms with Crippen LogP contribution < -0.4 is 5.32 Å². The van der Waals surface area contributed by atoms with E-state index in [9.17, 15) is 0 Å². The molecule has 94 valence electrons. The lowest BCUT2D eigenvalue weighted by atomic mass is 10.1. The minimum atomic E-state index is 0.506. The average Bonchev–Trinajstić information content (AvgIpc) is 3.14. The van der Waals surface area contributed by atoms with Gasteiger partial charge in [0.15, 0.2) is 0 Å². The summed E-state index contributed by atoms with van der Waals surface area (Å²) in [5.74, 6) is 0. The van der Waals surface area contributed by atoms with Crippen molar-refractivity contribution in [2.24, 2.45) is 0 Å². The van der Waals surface area contributed by atoms with Gasteiger partial charge in [-0.2, -0.15) is 0 Å². The van der Waals surface area contributed by atoms with Crippen molar-refractivity contribution < 1.29 is 0 Å². The lowest BCUT2D eigenvalue weighted by Gasteiger charge is -2.29. The Bertz CT molecular complexity index is 330. The van der Waals surface area contributed by atoms with Crippen molar-refractivity contribution in [3.8, 4) is 0 Å². The highest BCUT2D eigenvalue weighted by Gasteiger charge is 2.31. The van der Waals surface area contributed by atoms with Crippen LogP contribution in [0.15, 0.2) is 30.3 Å². The van der Waals surface area contributed by atoms with Crippen molar-refractivity contribution in [2.45, 2.75) is 44.8 Å². The summed E-state index contributed by atoms with van der Waals surface area (Å²) in [5, 5.41) is 3.57. The van der Waals surface area contributed by atoms with Crippen molar-refractivity contribution in [1.29, 1.82) is 0 Å². The van der Waals surface area contributed by atoms with E-state index in [2.05, 4.69) is 61.4 Å². The summed E-state index contributed by atoms with van der Waals surface area (Å²) in [5.41, 5.74) is 1.43. The van der Waals surface area contributed by atoms with Crippen LogP contribution in [0.1, 0.15) is 38.3 Å². The second-order valence-corrected chi connectivity index (χ2v) is 5.39. The SMILES string of the molecule is CC(C)NCC(c1ccccc1)N(C)C1CC1. The smallest absolute Gasteiger partial charge is 0.0472 e. The minimum absolute atomic E-state index is 0.506. The average molecular weight is 232 g/mol. The maximum absolute atomic E-state index is 3.57. The number of benzene rings is 1. The van der Waals surface area contributed by atoms with Gasteiger partial charge in [0, 0.05) is 24.7 Å². The Kier molecular flexibility index (Phi) is 4.19. The molecule has 0 bridgehead atoms. The van der Waals surface area contributed by atoms with Crippen LogP contribution >= 0.6 is 0 Å². The third-order valence-corrected chi connectivity index (χ3v) is 3.52. The molecule has 1 unspecified atom stereocenters. The molecule has 1 aliphatic carbocycles. The van der Waals surface area contributed by atoms with Crippen LogP contribution in [0.25, 0.3) is 0 Å². The highest BCUT2D eigenvalue weighted by Crippen LogP contribution is 2.32. The molecule has 1 fully saturated rings. The van der Waals surface area contributed by atoms with Gasteiger partial charge >= 0.3 is 0 Å². The van der Waals surface area contributed by atoms with Gasteiger partial charge in [-0.1, -0.05) is 44.2 Å². The first kappa shape index (κ1) is 12.6. The molecule has 0 aromatic heterocycles. The van der Waals surface area contributed by atoms with Crippen LogP contribution in [0.4, 0.5) is 0 Å². The highest BCUT2D eigenvalue weighted by molar-refractivity contribution is 5.20. The predicted molar refractivity (Wildman–Crippen MR) is 73.1 cm³/mol. The molecule has 2 heteroatoms. The summed E-state index contributed by atoms with van der Waals surface area (Å²) in [7, 11) is 2.26.